The highest BCUT2D eigenvalue weighted by molar-refractivity contribution is 7.89. The van der Waals surface area contributed by atoms with Crippen LogP contribution in [0.1, 0.15) is 36.5 Å². The number of anilines is 1. The summed E-state index contributed by atoms with van der Waals surface area (Å²) in [6, 6.07) is 11.1. The number of hydrogen-bond donors (Lipinski definition) is 2. The summed E-state index contributed by atoms with van der Waals surface area (Å²) in [6.45, 7) is 2.61. The van der Waals surface area contributed by atoms with E-state index < -0.39 is 15.7 Å². The van der Waals surface area contributed by atoms with Crippen molar-refractivity contribution in [3.8, 4) is 0 Å². The second kappa shape index (κ2) is 8.71. The highest BCUT2D eigenvalue weighted by Crippen LogP contribution is 2.23. The number of benzene rings is 2. The molecule has 2 heterocycles. The van der Waals surface area contributed by atoms with Crippen molar-refractivity contribution < 1.29 is 18.0 Å². The van der Waals surface area contributed by atoms with Crippen LogP contribution in [0, 0.1) is 0 Å². The molecule has 2 aromatic carbocycles. The number of rotatable bonds is 7. The molecule has 0 radical (unpaired) electrons. The molecule has 0 atom stereocenters. The first-order valence-electron chi connectivity index (χ1n) is 10.4. The van der Waals surface area contributed by atoms with E-state index in [0.29, 0.717) is 35.4 Å². The number of carbonyl (C=O) groups excluding carboxylic acids is 2. The van der Waals surface area contributed by atoms with Crippen LogP contribution in [0.2, 0.25) is 0 Å². The number of nitrogens with zero attached hydrogens (tertiary/aromatic N) is 2. The highest BCUT2D eigenvalue weighted by atomic mass is 32.2. The summed E-state index contributed by atoms with van der Waals surface area (Å²) in [7, 11) is -3.59. The summed E-state index contributed by atoms with van der Waals surface area (Å²) >= 11 is 0. The summed E-state index contributed by atoms with van der Waals surface area (Å²) in [5.74, 6) is -0.340. The van der Waals surface area contributed by atoms with Crippen LogP contribution in [0.4, 0.5) is 5.69 Å². The fourth-order valence-electron chi connectivity index (χ4n) is 3.83. The lowest BCUT2D eigenvalue weighted by molar-refractivity contribution is -0.116. The van der Waals surface area contributed by atoms with Gasteiger partial charge in [-0.1, -0.05) is 0 Å². The largest absolute Gasteiger partial charge is 0.326 e. The fourth-order valence-corrected chi connectivity index (χ4v) is 5.37. The third-order valence-corrected chi connectivity index (χ3v) is 7.48. The van der Waals surface area contributed by atoms with Crippen molar-refractivity contribution in [3.05, 3.63) is 58.5 Å². The van der Waals surface area contributed by atoms with E-state index in [4.69, 9.17) is 0 Å². The number of fused-ring (bicyclic) bond motifs is 1. The third-order valence-electron chi connectivity index (χ3n) is 5.59. The lowest BCUT2D eigenvalue weighted by Crippen LogP contribution is -2.27. The highest BCUT2D eigenvalue weighted by Gasteiger charge is 2.27. The molecule has 1 aliphatic heterocycles. The van der Waals surface area contributed by atoms with Crippen molar-refractivity contribution in [2.24, 2.45) is 0 Å². The van der Waals surface area contributed by atoms with Crippen LogP contribution in [-0.4, -0.2) is 47.1 Å². The predicted molar refractivity (Wildman–Crippen MR) is 120 cm³/mol. The van der Waals surface area contributed by atoms with Gasteiger partial charge in [0.05, 0.1) is 15.9 Å². The van der Waals surface area contributed by atoms with Gasteiger partial charge in [0.15, 0.2) is 5.78 Å². The Hall–Kier alpha value is -3.24. The van der Waals surface area contributed by atoms with E-state index in [1.807, 2.05) is 0 Å². The number of ketones is 1. The Kier molecular flexibility index (Phi) is 5.98. The molecular formula is C22H24N4O5S. The minimum atomic E-state index is -3.59. The molecule has 168 valence electrons. The molecule has 32 heavy (non-hydrogen) atoms. The minimum absolute atomic E-state index is 0.0507. The molecule has 3 aromatic rings. The number of aromatic nitrogens is 2. The van der Waals surface area contributed by atoms with Crippen LogP contribution in [0.25, 0.3) is 11.0 Å². The maximum atomic E-state index is 12.8. The molecule has 9 nitrogen and oxygen atoms in total. The van der Waals surface area contributed by atoms with E-state index in [2.05, 4.69) is 10.3 Å². The van der Waals surface area contributed by atoms with Crippen LogP contribution < -0.4 is 11.0 Å². The first-order valence-corrected chi connectivity index (χ1v) is 11.8. The van der Waals surface area contributed by atoms with Crippen molar-refractivity contribution in [1.82, 2.24) is 13.9 Å². The van der Waals surface area contributed by atoms with Crippen LogP contribution in [-0.2, 0) is 21.4 Å². The Bertz CT molecular complexity index is 1330. The van der Waals surface area contributed by atoms with Gasteiger partial charge in [0, 0.05) is 37.3 Å². The van der Waals surface area contributed by atoms with Crippen LogP contribution >= 0.6 is 0 Å². The molecule has 1 aromatic heterocycles. The number of H-pyrrole nitrogens is 1. The van der Waals surface area contributed by atoms with Crippen molar-refractivity contribution in [2.75, 3.05) is 18.4 Å². The lowest BCUT2D eigenvalue weighted by Gasteiger charge is -2.15. The molecule has 1 saturated heterocycles. The van der Waals surface area contributed by atoms with Gasteiger partial charge in [0.25, 0.3) is 0 Å². The van der Waals surface area contributed by atoms with E-state index in [1.54, 1.807) is 30.3 Å². The smallest absolute Gasteiger partial charge is 0.326 e. The number of imidazole rings is 1. The van der Waals surface area contributed by atoms with Gasteiger partial charge in [0.2, 0.25) is 15.9 Å². The normalized spacial score (nSPS) is 14.7. The van der Waals surface area contributed by atoms with E-state index in [0.717, 1.165) is 12.8 Å². The van der Waals surface area contributed by atoms with Gasteiger partial charge in [-0.2, -0.15) is 4.31 Å². The van der Waals surface area contributed by atoms with Crippen molar-refractivity contribution >= 4 is 38.4 Å². The Balaban J connectivity index is 1.47. The molecule has 1 fully saturated rings. The maximum Gasteiger partial charge on any atom is 0.326 e. The van der Waals surface area contributed by atoms with Crippen molar-refractivity contribution in [3.63, 3.8) is 0 Å². The van der Waals surface area contributed by atoms with Gasteiger partial charge >= 0.3 is 5.69 Å². The molecule has 0 unspecified atom stereocenters. The second-order valence-corrected chi connectivity index (χ2v) is 9.74. The third kappa shape index (κ3) is 4.37. The van der Waals surface area contributed by atoms with Crippen LogP contribution in [0.15, 0.2) is 52.2 Å². The van der Waals surface area contributed by atoms with Gasteiger partial charge in [0.1, 0.15) is 0 Å². The Labute approximate surface area is 185 Å². The molecule has 0 bridgehead atoms. The zero-order valence-corrected chi connectivity index (χ0v) is 18.4. The number of amides is 1. The molecular weight excluding hydrogens is 432 g/mol. The molecule has 4 rings (SSSR count). The minimum Gasteiger partial charge on any atom is -0.326 e. The number of nitrogens with one attached hydrogen (secondary N) is 2. The summed E-state index contributed by atoms with van der Waals surface area (Å²) < 4.78 is 28.4. The quantitative estimate of drug-likeness (QED) is 0.529. The Morgan fingerprint density at radius 1 is 1.06 bits per heavy atom. The first-order chi connectivity index (χ1) is 15.3. The molecule has 0 spiro atoms. The molecule has 1 amide bonds. The molecule has 0 saturated carbocycles. The molecule has 1 aliphatic rings. The van der Waals surface area contributed by atoms with E-state index in [-0.39, 0.29) is 29.6 Å². The maximum absolute atomic E-state index is 12.8. The van der Waals surface area contributed by atoms with Crippen molar-refractivity contribution in [2.45, 2.75) is 37.6 Å². The van der Waals surface area contributed by atoms with E-state index >= 15 is 0 Å². The average Bonchev–Trinajstić information content (AvgIpc) is 3.40. The standard InChI is InChI=1S/C22H24N4O5S/c1-15(27)16-4-6-17(7-5-16)23-21(28)10-13-26-20-9-8-18(14-19(20)24-22(26)29)32(30,31)25-11-2-3-12-25/h4-9,14H,2-3,10-13H2,1H3,(H,23,28)(H,24,29). The lowest BCUT2D eigenvalue weighted by atomic mass is 10.1. The van der Waals surface area contributed by atoms with Crippen molar-refractivity contribution in [1.29, 1.82) is 0 Å². The molecule has 2 N–H and O–H groups in total. The predicted octanol–water partition coefficient (Wildman–Crippen LogP) is 2.35. The zero-order chi connectivity index (χ0) is 22.9. The Morgan fingerprint density at radius 2 is 1.75 bits per heavy atom. The zero-order valence-electron chi connectivity index (χ0n) is 17.6. The van der Waals surface area contributed by atoms with E-state index in [1.165, 1.54) is 27.9 Å². The number of aromatic amines is 1. The number of aryl methyl sites for hydroxylation is 1. The molecule has 10 heteroatoms. The fraction of sp³-hybridized carbons (Fsp3) is 0.318. The number of Topliss-reactive ketones (excluding diaryl/α,β-unsaturated/α-hetero) is 1. The first kappa shape index (κ1) is 22.0. The van der Waals surface area contributed by atoms with E-state index in [9.17, 15) is 22.8 Å². The average molecular weight is 457 g/mol. The van der Waals surface area contributed by atoms with Gasteiger partial charge in [-0.05, 0) is 62.2 Å². The second-order valence-electron chi connectivity index (χ2n) is 7.80. The number of carbonyl (C=O) groups is 2. The van der Waals surface area contributed by atoms with Crippen LogP contribution in [0.5, 0.6) is 0 Å². The monoisotopic (exact) mass is 456 g/mol. The SMILES string of the molecule is CC(=O)c1ccc(NC(=O)CCn2c(=O)[nH]c3cc(S(=O)(=O)N4CCCC4)ccc32)cc1. The van der Waals surface area contributed by atoms with Gasteiger partial charge in [-0.3, -0.25) is 14.2 Å². The van der Waals surface area contributed by atoms with Gasteiger partial charge in [-0.15, -0.1) is 0 Å². The summed E-state index contributed by atoms with van der Waals surface area (Å²) in [5.41, 5.74) is 1.65. The number of hydrogen-bond acceptors (Lipinski definition) is 5. The summed E-state index contributed by atoms with van der Waals surface area (Å²) in [5, 5.41) is 2.74. The van der Waals surface area contributed by atoms with Gasteiger partial charge in [-0.25, -0.2) is 13.2 Å². The van der Waals surface area contributed by atoms with Gasteiger partial charge < -0.3 is 10.3 Å². The summed E-state index contributed by atoms with van der Waals surface area (Å²) in [6.07, 6.45) is 1.74. The molecule has 0 aliphatic carbocycles. The topological polar surface area (TPSA) is 121 Å². The number of sulfonamides is 1. The van der Waals surface area contributed by atoms with Crippen LogP contribution in [0.3, 0.4) is 0 Å². The summed E-state index contributed by atoms with van der Waals surface area (Å²) in [4.78, 5) is 38.9. The Morgan fingerprint density at radius 3 is 2.41 bits per heavy atom.